The number of hydrogen-bond donors (Lipinski definition) is 3. The zero-order chi connectivity index (χ0) is 24.8. The molecule has 0 aliphatic carbocycles. The van der Waals surface area contributed by atoms with Crippen molar-refractivity contribution in [1.29, 1.82) is 0 Å². The second kappa shape index (κ2) is 8.85. The molecule has 1 aliphatic heterocycles. The quantitative estimate of drug-likeness (QED) is 0.553. The Balaban J connectivity index is 1.88. The van der Waals surface area contributed by atoms with Crippen molar-refractivity contribution in [2.45, 2.75) is 57.3 Å². The molecule has 0 saturated heterocycles. The number of aromatic hydroxyl groups is 1. The SMILES string of the molecule is CN(C(C)(C)C)S(=O)(=O)c1scc(NC2=NS(=O)N=C2N[C@@H](c2ccco2)C(C)(C)C)c1O. The van der Waals surface area contributed by atoms with E-state index < -0.39 is 32.5 Å². The van der Waals surface area contributed by atoms with Crippen molar-refractivity contribution >= 4 is 49.9 Å². The predicted molar refractivity (Wildman–Crippen MR) is 131 cm³/mol. The van der Waals surface area contributed by atoms with Crippen LogP contribution in [0.5, 0.6) is 5.75 Å². The molecule has 2 aromatic rings. The van der Waals surface area contributed by atoms with Crippen LogP contribution in [-0.4, -0.2) is 46.3 Å². The minimum atomic E-state index is -3.93. The average molecular weight is 516 g/mol. The van der Waals surface area contributed by atoms with Crippen LogP contribution in [-0.2, 0) is 21.2 Å². The fourth-order valence-electron chi connectivity index (χ4n) is 2.96. The van der Waals surface area contributed by atoms with E-state index in [1.807, 2.05) is 26.8 Å². The van der Waals surface area contributed by atoms with E-state index in [-0.39, 0.29) is 33.0 Å². The number of amidine groups is 2. The van der Waals surface area contributed by atoms with Crippen molar-refractivity contribution in [3.63, 3.8) is 0 Å². The lowest BCUT2D eigenvalue weighted by molar-refractivity contribution is 0.264. The van der Waals surface area contributed by atoms with Gasteiger partial charge in [-0.15, -0.1) is 20.1 Å². The maximum absolute atomic E-state index is 13.0. The molecule has 0 aromatic carbocycles. The summed E-state index contributed by atoms with van der Waals surface area (Å²) < 4.78 is 52.6. The van der Waals surface area contributed by atoms with Gasteiger partial charge in [0.2, 0.25) is 0 Å². The summed E-state index contributed by atoms with van der Waals surface area (Å²) in [4.78, 5) is 0. The number of sulfonamides is 1. The summed E-state index contributed by atoms with van der Waals surface area (Å²) in [5.74, 6) is 0.565. The molecule has 0 spiro atoms. The number of thiophene rings is 1. The highest BCUT2D eigenvalue weighted by atomic mass is 32.2. The Kier molecular flexibility index (Phi) is 6.82. The summed E-state index contributed by atoms with van der Waals surface area (Å²) >= 11 is -0.986. The summed E-state index contributed by atoms with van der Waals surface area (Å²) in [6, 6.07) is 3.28. The van der Waals surface area contributed by atoms with Gasteiger partial charge in [-0.25, -0.2) is 12.6 Å². The lowest BCUT2D eigenvalue weighted by Gasteiger charge is -2.30. The second-order valence-corrected chi connectivity index (χ2v) is 13.5. The van der Waals surface area contributed by atoms with Crippen molar-refractivity contribution in [2.75, 3.05) is 12.4 Å². The minimum absolute atomic E-state index is 0.121. The maximum atomic E-state index is 13.0. The van der Waals surface area contributed by atoms with Crippen molar-refractivity contribution in [3.8, 4) is 5.75 Å². The summed E-state index contributed by atoms with van der Waals surface area (Å²) in [7, 11) is -2.47. The van der Waals surface area contributed by atoms with Crippen molar-refractivity contribution in [3.05, 3.63) is 29.5 Å². The highest BCUT2D eigenvalue weighted by molar-refractivity contribution is 7.91. The number of rotatable bonds is 5. The van der Waals surface area contributed by atoms with Gasteiger partial charge in [0.15, 0.2) is 21.6 Å². The Morgan fingerprint density at radius 2 is 1.82 bits per heavy atom. The Morgan fingerprint density at radius 1 is 1.18 bits per heavy atom. The number of hydrogen-bond acceptors (Lipinski definition) is 8. The number of anilines is 1. The molecule has 0 fully saturated rings. The number of nitrogens with zero attached hydrogens (tertiary/aromatic N) is 3. The molecule has 182 valence electrons. The molecule has 10 nitrogen and oxygen atoms in total. The summed E-state index contributed by atoms with van der Waals surface area (Å²) in [6.07, 6.45) is 1.57. The van der Waals surface area contributed by atoms with Gasteiger partial charge in [-0.3, -0.25) is 0 Å². The van der Waals surface area contributed by atoms with E-state index in [2.05, 4.69) is 19.4 Å². The van der Waals surface area contributed by atoms with Gasteiger partial charge < -0.3 is 20.2 Å². The molecular formula is C20H29N5O5S3. The van der Waals surface area contributed by atoms with E-state index in [4.69, 9.17) is 4.42 Å². The Hall–Kier alpha value is -2.22. The topological polar surface area (TPSA) is 137 Å². The van der Waals surface area contributed by atoms with E-state index in [1.54, 1.807) is 33.1 Å². The van der Waals surface area contributed by atoms with E-state index >= 15 is 0 Å². The number of nitrogens with one attached hydrogen (secondary N) is 2. The fraction of sp³-hybridized carbons (Fsp3) is 0.500. The highest BCUT2D eigenvalue weighted by Crippen LogP contribution is 2.40. The third kappa shape index (κ3) is 5.31. The van der Waals surface area contributed by atoms with Crippen LogP contribution in [0.3, 0.4) is 0 Å². The van der Waals surface area contributed by atoms with Gasteiger partial charge in [-0.1, -0.05) is 20.8 Å². The van der Waals surface area contributed by atoms with E-state index in [1.165, 1.54) is 16.7 Å². The largest absolute Gasteiger partial charge is 0.504 e. The summed E-state index contributed by atoms with van der Waals surface area (Å²) in [5, 5.41) is 18.2. The molecule has 0 radical (unpaired) electrons. The molecule has 2 atom stereocenters. The molecular weight excluding hydrogens is 486 g/mol. The van der Waals surface area contributed by atoms with Gasteiger partial charge >= 0.3 is 0 Å². The van der Waals surface area contributed by atoms with Crippen molar-refractivity contribution in [2.24, 2.45) is 14.2 Å². The molecule has 2 aromatic heterocycles. The summed E-state index contributed by atoms with van der Waals surface area (Å²) in [6.45, 7) is 11.3. The van der Waals surface area contributed by atoms with Crippen LogP contribution >= 0.6 is 11.3 Å². The Bertz CT molecular complexity index is 1200. The van der Waals surface area contributed by atoms with Gasteiger partial charge in [-0.05, 0) is 38.3 Å². The molecule has 3 N–H and O–H groups in total. The van der Waals surface area contributed by atoms with Crippen LogP contribution in [0, 0.1) is 5.41 Å². The second-order valence-electron chi connectivity index (χ2n) is 9.62. The highest BCUT2D eigenvalue weighted by Gasteiger charge is 2.36. The first kappa shape index (κ1) is 25.4. The lowest BCUT2D eigenvalue weighted by atomic mass is 9.85. The zero-order valence-electron chi connectivity index (χ0n) is 19.5. The maximum Gasteiger partial charge on any atom is 0.269 e. The first-order valence-electron chi connectivity index (χ1n) is 10.1. The molecule has 3 rings (SSSR count). The van der Waals surface area contributed by atoms with E-state index in [9.17, 15) is 17.7 Å². The van der Waals surface area contributed by atoms with E-state index in [0.717, 1.165) is 11.3 Å². The van der Waals surface area contributed by atoms with Crippen LogP contribution in [0.4, 0.5) is 5.69 Å². The fourth-order valence-corrected chi connectivity index (χ4v) is 6.50. The van der Waals surface area contributed by atoms with Crippen molar-refractivity contribution in [1.82, 2.24) is 9.62 Å². The van der Waals surface area contributed by atoms with E-state index in [0.29, 0.717) is 5.76 Å². The third-order valence-electron chi connectivity index (χ3n) is 5.06. The molecule has 1 unspecified atom stereocenters. The van der Waals surface area contributed by atoms with Gasteiger partial charge in [0.1, 0.15) is 5.76 Å². The molecule has 0 amide bonds. The van der Waals surface area contributed by atoms with Gasteiger partial charge in [0.05, 0.1) is 18.0 Å². The lowest BCUT2D eigenvalue weighted by Crippen LogP contribution is -2.42. The first-order chi connectivity index (χ1) is 15.1. The molecule has 0 saturated carbocycles. The molecule has 3 heterocycles. The van der Waals surface area contributed by atoms with Crippen LogP contribution in [0.2, 0.25) is 0 Å². The molecule has 0 bridgehead atoms. The van der Waals surface area contributed by atoms with Crippen LogP contribution in [0.25, 0.3) is 0 Å². The third-order valence-corrected chi connectivity index (χ3v) is 9.35. The van der Waals surface area contributed by atoms with Gasteiger partial charge in [-0.2, -0.15) is 4.31 Å². The van der Waals surface area contributed by atoms with Crippen LogP contribution in [0.1, 0.15) is 53.3 Å². The first-order valence-corrected chi connectivity index (χ1v) is 13.5. The smallest absolute Gasteiger partial charge is 0.269 e. The average Bonchev–Trinajstić information content (AvgIpc) is 3.39. The molecule has 13 heteroatoms. The Morgan fingerprint density at radius 3 is 2.36 bits per heavy atom. The molecule has 1 aliphatic rings. The standard InChI is InChI=1S/C20H29N5O5S3/c1-19(2,3)15(13-9-8-10-30-13)22-17-16(23-32(27)24-17)21-12-11-31-18(14(12)26)33(28,29)25(7)20(4,5)6/h8-11,15,26H,1-7H3,(H,21,23)(H,22,24)/t15-,32?/m0/s1. The zero-order valence-corrected chi connectivity index (χ0v) is 22.0. The van der Waals surface area contributed by atoms with Crippen LogP contribution < -0.4 is 10.6 Å². The summed E-state index contributed by atoms with van der Waals surface area (Å²) in [5.41, 5.74) is -0.843. The van der Waals surface area contributed by atoms with Gasteiger partial charge in [0, 0.05) is 18.0 Å². The van der Waals surface area contributed by atoms with Crippen molar-refractivity contribution < 1.29 is 22.2 Å². The monoisotopic (exact) mass is 515 g/mol. The van der Waals surface area contributed by atoms with Gasteiger partial charge in [0.25, 0.3) is 21.2 Å². The van der Waals surface area contributed by atoms with Crippen LogP contribution in [0.15, 0.2) is 41.2 Å². The minimum Gasteiger partial charge on any atom is -0.504 e. The normalized spacial score (nSPS) is 18.2. The number of furan rings is 1. The predicted octanol–water partition coefficient (Wildman–Crippen LogP) is 3.64. The molecule has 33 heavy (non-hydrogen) atoms. The Labute approximate surface area is 200 Å².